The minimum Gasteiger partial charge on any atom is -0.486 e. The first-order valence-electron chi connectivity index (χ1n) is 10.9. The third kappa shape index (κ3) is 6.66. The number of halogens is 1. The molecule has 1 aromatic heterocycles. The van der Waals surface area contributed by atoms with Crippen molar-refractivity contribution in [3.05, 3.63) is 84.1 Å². The lowest BCUT2D eigenvalue weighted by Gasteiger charge is -2.31. The highest BCUT2D eigenvalue weighted by Crippen LogP contribution is 2.16. The number of anilines is 1. The summed E-state index contributed by atoms with van der Waals surface area (Å²) in [7, 11) is 0. The van der Waals surface area contributed by atoms with Gasteiger partial charge in [-0.2, -0.15) is 0 Å². The molecule has 7 nitrogen and oxygen atoms in total. The van der Waals surface area contributed by atoms with Gasteiger partial charge < -0.3 is 19.8 Å². The Hall–Kier alpha value is -3.65. The normalized spacial score (nSPS) is 14.6. The van der Waals surface area contributed by atoms with Gasteiger partial charge in [-0.1, -0.05) is 18.2 Å². The summed E-state index contributed by atoms with van der Waals surface area (Å²) in [5, 5.41) is 5.89. The van der Waals surface area contributed by atoms with E-state index in [9.17, 15) is 14.0 Å². The van der Waals surface area contributed by atoms with Gasteiger partial charge in [-0.15, -0.1) is 0 Å². The Kier molecular flexibility index (Phi) is 7.36. The molecular weight excluding hydrogens is 425 g/mol. The number of nitrogens with one attached hydrogen (secondary N) is 2. The second-order valence-corrected chi connectivity index (χ2v) is 7.95. The van der Waals surface area contributed by atoms with Crippen molar-refractivity contribution in [2.75, 3.05) is 25.0 Å². The van der Waals surface area contributed by atoms with Crippen LogP contribution in [0, 0.1) is 5.82 Å². The fourth-order valence-corrected chi connectivity index (χ4v) is 3.68. The molecule has 1 aliphatic heterocycles. The van der Waals surface area contributed by atoms with E-state index in [4.69, 9.17) is 9.15 Å². The SMILES string of the molecule is O=C(CN1CCC(NC(=O)c2ccc(COc3ccc(F)cc3)o2)CC1)Nc1ccccc1. The predicted molar refractivity (Wildman–Crippen MR) is 121 cm³/mol. The van der Waals surface area contributed by atoms with Crippen LogP contribution in [0.4, 0.5) is 10.1 Å². The van der Waals surface area contributed by atoms with E-state index >= 15 is 0 Å². The number of hydrogen-bond donors (Lipinski definition) is 2. The Morgan fingerprint density at radius 1 is 1.00 bits per heavy atom. The van der Waals surface area contributed by atoms with Crippen molar-refractivity contribution >= 4 is 17.5 Å². The molecule has 2 amide bonds. The van der Waals surface area contributed by atoms with Crippen LogP contribution >= 0.6 is 0 Å². The van der Waals surface area contributed by atoms with Crippen LogP contribution in [0.2, 0.25) is 0 Å². The number of ether oxygens (including phenoxy) is 1. The number of carbonyl (C=O) groups excluding carboxylic acids is 2. The molecule has 2 aromatic carbocycles. The molecule has 8 heteroatoms. The molecule has 1 saturated heterocycles. The topological polar surface area (TPSA) is 83.8 Å². The molecule has 172 valence electrons. The van der Waals surface area contributed by atoms with Crippen molar-refractivity contribution in [1.82, 2.24) is 10.2 Å². The number of hydrogen-bond acceptors (Lipinski definition) is 5. The summed E-state index contributed by atoms with van der Waals surface area (Å²) >= 11 is 0. The minimum atomic E-state index is -0.333. The molecule has 2 N–H and O–H groups in total. The lowest BCUT2D eigenvalue weighted by Crippen LogP contribution is -2.46. The van der Waals surface area contributed by atoms with Crippen molar-refractivity contribution in [2.24, 2.45) is 0 Å². The van der Waals surface area contributed by atoms with E-state index in [2.05, 4.69) is 15.5 Å². The second kappa shape index (κ2) is 10.8. The summed E-state index contributed by atoms with van der Waals surface area (Å²) in [6.07, 6.45) is 1.51. The van der Waals surface area contributed by atoms with Crippen LogP contribution in [-0.2, 0) is 11.4 Å². The van der Waals surface area contributed by atoms with Gasteiger partial charge in [-0.05, 0) is 61.4 Å². The third-order valence-electron chi connectivity index (χ3n) is 5.43. The van der Waals surface area contributed by atoms with Crippen LogP contribution in [0.5, 0.6) is 5.75 Å². The van der Waals surface area contributed by atoms with Gasteiger partial charge in [0.2, 0.25) is 5.91 Å². The fraction of sp³-hybridized carbons (Fsp3) is 0.280. The van der Waals surface area contributed by atoms with Crippen LogP contribution in [0.15, 0.2) is 71.1 Å². The van der Waals surface area contributed by atoms with E-state index in [-0.39, 0.29) is 36.0 Å². The zero-order valence-corrected chi connectivity index (χ0v) is 18.1. The maximum atomic E-state index is 13.0. The van der Waals surface area contributed by atoms with Crippen LogP contribution in [0.1, 0.15) is 29.2 Å². The second-order valence-electron chi connectivity index (χ2n) is 7.95. The van der Waals surface area contributed by atoms with E-state index in [0.717, 1.165) is 31.6 Å². The number of rotatable bonds is 8. The summed E-state index contributed by atoms with van der Waals surface area (Å²) in [5.74, 6) is 0.586. The summed E-state index contributed by atoms with van der Waals surface area (Å²) in [6.45, 7) is 1.91. The number of piperidine rings is 1. The third-order valence-corrected chi connectivity index (χ3v) is 5.43. The Morgan fingerprint density at radius 3 is 2.45 bits per heavy atom. The molecule has 0 bridgehead atoms. The number of amides is 2. The van der Waals surface area contributed by atoms with Gasteiger partial charge in [0.05, 0.1) is 6.54 Å². The highest BCUT2D eigenvalue weighted by Gasteiger charge is 2.23. The molecule has 1 fully saturated rings. The van der Waals surface area contributed by atoms with Crippen LogP contribution in [-0.4, -0.2) is 42.4 Å². The lowest BCUT2D eigenvalue weighted by atomic mass is 10.0. The van der Waals surface area contributed by atoms with Gasteiger partial charge in [0.15, 0.2) is 5.76 Å². The quantitative estimate of drug-likeness (QED) is 0.544. The van der Waals surface area contributed by atoms with Gasteiger partial charge in [-0.25, -0.2) is 4.39 Å². The molecular formula is C25H26FN3O4. The molecule has 0 radical (unpaired) electrons. The van der Waals surface area contributed by atoms with Gasteiger partial charge in [-0.3, -0.25) is 14.5 Å². The van der Waals surface area contributed by atoms with Crippen molar-refractivity contribution in [2.45, 2.75) is 25.5 Å². The minimum absolute atomic E-state index is 0.0231. The summed E-state index contributed by atoms with van der Waals surface area (Å²) in [6, 6.07) is 18.4. The molecule has 0 aliphatic carbocycles. The largest absolute Gasteiger partial charge is 0.486 e. The van der Waals surface area contributed by atoms with E-state index < -0.39 is 0 Å². The zero-order chi connectivity index (χ0) is 23.0. The molecule has 4 rings (SSSR count). The molecule has 0 unspecified atom stereocenters. The zero-order valence-electron chi connectivity index (χ0n) is 18.1. The first-order chi connectivity index (χ1) is 16.0. The highest BCUT2D eigenvalue weighted by molar-refractivity contribution is 5.92. The van der Waals surface area contributed by atoms with Crippen molar-refractivity contribution in [1.29, 1.82) is 0 Å². The van der Waals surface area contributed by atoms with Crippen LogP contribution in [0.3, 0.4) is 0 Å². The predicted octanol–water partition coefficient (Wildman–Crippen LogP) is 3.83. The molecule has 33 heavy (non-hydrogen) atoms. The molecule has 0 saturated carbocycles. The maximum absolute atomic E-state index is 13.0. The first kappa shape index (κ1) is 22.5. The Morgan fingerprint density at radius 2 is 1.73 bits per heavy atom. The standard InChI is InChI=1S/C25H26FN3O4/c26-18-6-8-21(9-7-18)32-17-22-10-11-23(33-22)25(31)28-20-12-14-29(15-13-20)16-24(30)27-19-4-2-1-3-5-19/h1-11,20H,12-17H2,(H,27,30)(H,28,31). The monoisotopic (exact) mass is 451 g/mol. The Bertz CT molecular complexity index is 1060. The van der Waals surface area contributed by atoms with Crippen molar-refractivity contribution < 1.29 is 23.1 Å². The molecule has 3 aromatic rings. The number of likely N-dealkylation sites (tertiary alicyclic amines) is 1. The summed E-state index contributed by atoms with van der Waals surface area (Å²) in [4.78, 5) is 26.8. The molecule has 1 aliphatic rings. The highest BCUT2D eigenvalue weighted by atomic mass is 19.1. The Balaban J connectivity index is 1.18. The van der Waals surface area contributed by atoms with E-state index in [0.29, 0.717) is 18.1 Å². The van der Waals surface area contributed by atoms with E-state index in [1.54, 1.807) is 12.1 Å². The van der Waals surface area contributed by atoms with Gasteiger partial charge in [0.1, 0.15) is 23.9 Å². The lowest BCUT2D eigenvalue weighted by molar-refractivity contribution is -0.117. The molecule has 2 heterocycles. The molecule has 0 atom stereocenters. The van der Waals surface area contributed by atoms with Crippen molar-refractivity contribution in [3.63, 3.8) is 0 Å². The number of nitrogens with zero attached hydrogens (tertiary/aromatic N) is 1. The van der Waals surface area contributed by atoms with E-state index in [1.807, 2.05) is 30.3 Å². The van der Waals surface area contributed by atoms with Gasteiger partial charge >= 0.3 is 0 Å². The van der Waals surface area contributed by atoms with Gasteiger partial charge in [0, 0.05) is 24.8 Å². The average Bonchev–Trinajstić information content (AvgIpc) is 3.30. The summed E-state index contributed by atoms with van der Waals surface area (Å²) < 4.78 is 24.1. The maximum Gasteiger partial charge on any atom is 0.287 e. The van der Waals surface area contributed by atoms with Gasteiger partial charge in [0.25, 0.3) is 5.91 Å². The van der Waals surface area contributed by atoms with Crippen LogP contribution < -0.4 is 15.4 Å². The Labute approximate surface area is 191 Å². The number of furan rings is 1. The number of carbonyl (C=O) groups is 2. The number of benzene rings is 2. The summed E-state index contributed by atoms with van der Waals surface area (Å²) in [5.41, 5.74) is 0.783. The fourth-order valence-electron chi connectivity index (χ4n) is 3.68. The molecule has 0 spiro atoms. The number of para-hydroxylation sites is 1. The average molecular weight is 451 g/mol. The first-order valence-corrected chi connectivity index (χ1v) is 10.9. The van der Waals surface area contributed by atoms with E-state index in [1.165, 1.54) is 24.3 Å². The smallest absolute Gasteiger partial charge is 0.287 e. The van der Waals surface area contributed by atoms with Crippen molar-refractivity contribution in [3.8, 4) is 5.75 Å². The van der Waals surface area contributed by atoms with Crippen LogP contribution in [0.25, 0.3) is 0 Å².